The Morgan fingerprint density at radius 3 is 2.60 bits per heavy atom. The smallest absolute Gasteiger partial charge is 0.0477 e. The maximum absolute atomic E-state index is 6.07. The molecule has 2 N–H and O–H groups in total. The van der Waals surface area contributed by atoms with Crippen molar-refractivity contribution in [3.63, 3.8) is 0 Å². The van der Waals surface area contributed by atoms with Gasteiger partial charge in [0, 0.05) is 34.5 Å². The van der Waals surface area contributed by atoms with Gasteiger partial charge in [-0.3, -0.25) is 4.90 Å². The first-order valence-corrected chi connectivity index (χ1v) is 8.52. The highest BCUT2D eigenvalue weighted by Crippen LogP contribution is 2.27. The molecule has 0 radical (unpaired) electrons. The van der Waals surface area contributed by atoms with Crippen molar-refractivity contribution < 1.29 is 0 Å². The van der Waals surface area contributed by atoms with Crippen LogP contribution in [0.1, 0.15) is 30.3 Å². The molecule has 0 aliphatic rings. The number of thiophene rings is 1. The maximum atomic E-state index is 6.07. The predicted molar refractivity (Wildman–Crippen MR) is 90.9 cm³/mol. The van der Waals surface area contributed by atoms with E-state index in [4.69, 9.17) is 5.73 Å². The largest absolute Gasteiger partial charge is 0.329 e. The summed E-state index contributed by atoms with van der Waals surface area (Å²) >= 11 is 5.35. The number of benzene rings is 1. The summed E-state index contributed by atoms with van der Waals surface area (Å²) in [6, 6.07) is 13.4. The molecule has 0 spiro atoms. The fraction of sp³-hybridized carbons (Fsp3) is 0.375. The van der Waals surface area contributed by atoms with Crippen LogP contribution in [0.3, 0.4) is 0 Å². The average Bonchev–Trinajstić information content (AvgIpc) is 2.91. The highest BCUT2D eigenvalue weighted by Gasteiger charge is 2.22. The first-order valence-electron chi connectivity index (χ1n) is 6.85. The summed E-state index contributed by atoms with van der Waals surface area (Å²) in [5.74, 6) is 0. The zero-order chi connectivity index (χ0) is 14.5. The predicted octanol–water partition coefficient (Wildman–Crippen LogP) is 4.42. The van der Waals surface area contributed by atoms with E-state index < -0.39 is 0 Å². The van der Waals surface area contributed by atoms with Gasteiger partial charge in [0.1, 0.15) is 0 Å². The number of rotatable bonds is 6. The second-order valence-corrected chi connectivity index (χ2v) is 7.10. The van der Waals surface area contributed by atoms with Gasteiger partial charge in [-0.2, -0.15) is 0 Å². The minimum Gasteiger partial charge on any atom is -0.329 e. The zero-order valence-electron chi connectivity index (χ0n) is 11.9. The molecule has 0 amide bonds. The number of nitrogens with zero attached hydrogens (tertiary/aromatic N) is 1. The van der Waals surface area contributed by atoms with E-state index in [-0.39, 0.29) is 6.04 Å². The number of hydrogen-bond acceptors (Lipinski definition) is 3. The highest BCUT2D eigenvalue weighted by atomic mass is 79.9. The molecule has 0 bridgehead atoms. The molecule has 108 valence electrons. The SMILES string of the molecule is CC(C)N(Cc1cccs1)C(CN)c1cccc(Br)c1. The molecule has 2 aromatic rings. The van der Waals surface area contributed by atoms with Gasteiger partial charge >= 0.3 is 0 Å². The van der Waals surface area contributed by atoms with Gasteiger partial charge in [-0.05, 0) is 43.0 Å². The Kier molecular flexibility index (Phi) is 5.78. The molecule has 0 aliphatic heterocycles. The van der Waals surface area contributed by atoms with Gasteiger partial charge in [-0.25, -0.2) is 0 Å². The van der Waals surface area contributed by atoms with Gasteiger partial charge in [-0.15, -0.1) is 11.3 Å². The molecule has 0 fully saturated rings. The van der Waals surface area contributed by atoms with E-state index in [1.54, 1.807) is 11.3 Å². The lowest BCUT2D eigenvalue weighted by Gasteiger charge is -2.34. The van der Waals surface area contributed by atoms with E-state index in [0.29, 0.717) is 12.6 Å². The second kappa shape index (κ2) is 7.36. The summed E-state index contributed by atoms with van der Waals surface area (Å²) in [7, 11) is 0. The van der Waals surface area contributed by atoms with Crippen LogP contribution >= 0.6 is 27.3 Å². The lowest BCUT2D eigenvalue weighted by atomic mass is 10.0. The molecule has 1 aromatic heterocycles. The maximum Gasteiger partial charge on any atom is 0.0477 e. The molecule has 0 saturated carbocycles. The Balaban J connectivity index is 2.25. The molecular weight excluding hydrogens is 332 g/mol. The van der Waals surface area contributed by atoms with E-state index in [0.717, 1.165) is 11.0 Å². The van der Waals surface area contributed by atoms with Gasteiger partial charge in [-0.1, -0.05) is 34.1 Å². The van der Waals surface area contributed by atoms with Crippen LogP contribution in [0, 0.1) is 0 Å². The van der Waals surface area contributed by atoms with Crippen molar-refractivity contribution in [2.45, 2.75) is 32.5 Å². The van der Waals surface area contributed by atoms with Crippen molar-refractivity contribution in [1.82, 2.24) is 4.90 Å². The summed E-state index contributed by atoms with van der Waals surface area (Å²) in [4.78, 5) is 3.85. The molecular formula is C16H21BrN2S. The molecule has 4 heteroatoms. The zero-order valence-corrected chi connectivity index (χ0v) is 14.3. The van der Waals surface area contributed by atoms with Crippen molar-refractivity contribution in [2.24, 2.45) is 5.73 Å². The number of halogens is 1. The van der Waals surface area contributed by atoms with Crippen LogP contribution in [0.15, 0.2) is 46.3 Å². The van der Waals surface area contributed by atoms with E-state index in [2.05, 4.69) is 76.5 Å². The Morgan fingerprint density at radius 1 is 1.25 bits per heavy atom. The molecule has 0 aliphatic carbocycles. The third-order valence-electron chi connectivity index (χ3n) is 3.44. The molecule has 20 heavy (non-hydrogen) atoms. The Hall–Kier alpha value is -0.680. The Morgan fingerprint density at radius 2 is 2.05 bits per heavy atom. The van der Waals surface area contributed by atoms with Crippen LogP contribution in [0.2, 0.25) is 0 Å². The molecule has 0 saturated heterocycles. The Labute approximate surface area is 133 Å². The summed E-state index contributed by atoms with van der Waals surface area (Å²) in [6.07, 6.45) is 0. The van der Waals surface area contributed by atoms with Gasteiger partial charge in [0.25, 0.3) is 0 Å². The second-order valence-electron chi connectivity index (χ2n) is 5.15. The van der Waals surface area contributed by atoms with Crippen molar-refractivity contribution in [2.75, 3.05) is 6.54 Å². The third-order valence-corrected chi connectivity index (χ3v) is 4.79. The van der Waals surface area contributed by atoms with Crippen LogP contribution < -0.4 is 5.73 Å². The summed E-state index contributed by atoms with van der Waals surface area (Å²) in [6.45, 7) is 6.03. The van der Waals surface area contributed by atoms with Gasteiger partial charge < -0.3 is 5.73 Å². The summed E-state index contributed by atoms with van der Waals surface area (Å²) < 4.78 is 1.10. The minimum atomic E-state index is 0.245. The quantitative estimate of drug-likeness (QED) is 0.833. The first-order chi connectivity index (χ1) is 9.61. The molecule has 1 heterocycles. The van der Waals surface area contributed by atoms with Crippen LogP contribution in [0.5, 0.6) is 0 Å². The van der Waals surface area contributed by atoms with Crippen LogP contribution in [-0.2, 0) is 6.54 Å². The molecule has 2 rings (SSSR count). The Bertz CT molecular complexity index is 525. The summed E-state index contributed by atoms with van der Waals surface area (Å²) in [5.41, 5.74) is 7.34. The third kappa shape index (κ3) is 3.92. The normalized spacial score (nSPS) is 13.1. The fourth-order valence-corrected chi connectivity index (χ4v) is 3.54. The van der Waals surface area contributed by atoms with Gasteiger partial charge in [0.2, 0.25) is 0 Å². The van der Waals surface area contributed by atoms with Gasteiger partial charge in [0.15, 0.2) is 0 Å². The average molecular weight is 353 g/mol. The lowest BCUT2D eigenvalue weighted by molar-refractivity contribution is 0.149. The number of nitrogens with two attached hydrogens (primary N) is 1. The monoisotopic (exact) mass is 352 g/mol. The molecule has 1 unspecified atom stereocenters. The highest BCUT2D eigenvalue weighted by molar-refractivity contribution is 9.10. The fourth-order valence-electron chi connectivity index (χ4n) is 2.41. The van der Waals surface area contributed by atoms with Crippen LogP contribution in [0.25, 0.3) is 0 Å². The van der Waals surface area contributed by atoms with Crippen LogP contribution in [-0.4, -0.2) is 17.5 Å². The van der Waals surface area contributed by atoms with Crippen LogP contribution in [0.4, 0.5) is 0 Å². The van der Waals surface area contributed by atoms with Crippen molar-refractivity contribution in [1.29, 1.82) is 0 Å². The molecule has 1 aromatic carbocycles. The molecule has 2 nitrogen and oxygen atoms in total. The van der Waals surface area contributed by atoms with Crippen molar-refractivity contribution in [3.8, 4) is 0 Å². The van der Waals surface area contributed by atoms with E-state index in [9.17, 15) is 0 Å². The standard InChI is InChI=1S/C16H21BrN2S/c1-12(2)19(11-15-7-4-8-20-15)16(10-18)13-5-3-6-14(17)9-13/h3-9,12,16H,10-11,18H2,1-2H3. The van der Waals surface area contributed by atoms with E-state index >= 15 is 0 Å². The lowest BCUT2D eigenvalue weighted by Crippen LogP contribution is -2.38. The molecule has 1 atom stereocenters. The minimum absolute atomic E-state index is 0.245. The summed E-state index contributed by atoms with van der Waals surface area (Å²) in [5, 5.41) is 2.13. The number of hydrogen-bond donors (Lipinski definition) is 1. The van der Waals surface area contributed by atoms with Crippen molar-refractivity contribution in [3.05, 3.63) is 56.7 Å². The first kappa shape index (κ1) is 15.7. The van der Waals surface area contributed by atoms with E-state index in [1.807, 2.05) is 0 Å². The van der Waals surface area contributed by atoms with Gasteiger partial charge in [0.05, 0.1) is 0 Å². The van der Waals surface area contributed by atoms with Crippen molar-refractivity contribution >= 4 is 27.3 Å². The topological polar surface area (TPSA) is 29.3 Å². The van der Waals surface area contributed by atoms with E-state index in [1.165, 1.54) is 10.4 Å².